The first-order valence-corrected chi connectivity index (χ1v) is 9.40. The molecule has 0 atom stereocenters. The lowest BCUT2D eigenvalue weighted by molar-refractivity contribution is -0.385. The molecule has 0 saturated carbocycles. The van der Waals surface area contributed by atoms with E-state index >= 15 is 0 Å². The van der Waals surface area contributed by atoms with Crippen LogP contribution in [0.4, 0.5) is 11.4 Å². The van der Waals surface area contributed by atoms with Crippen LogP contribution in [0.2, 0.25) is 5.02 Å². The second-order valence-electron chi connectivity index (χ2n) is 6.62. The van der Waals surface area contributed by atoms with E-state index in [1.165, 1.54) is 12.1 Å². The van der Waals surface area contributed by atoms with Crippen molar-refractivity contribution in [2.75, 3.05) is 5.32 Å². The number of nitrogens with one attached hydrogen (secondary N) is 2. The lowest BCUT2D eigenvalue weighted by Gasteiger charge is -2.09. The van der Waals surface area contributed by atoms with Gasteiger partial charge in [-0.05, 0) is 48.9 Å². The number of amides is 2. The van der Waals surface area contributed by atoms with E-state index in [1.54, 1.807) is 36.4 Å². The van der Waals surface area contributed by atoms with Crippen LogP contribution in [0.5, 0.6) is 0 Å². The first kappa shape index (κ1) is 21.0. The Bertz CT molecular complexity index is 1110. The van der Waals surface area contributed by atoms with Crippen LogP contribution in [0.1, 0.15) is 31.8 Å². The highest BCUT2D eigenvalue weighted by molar-refractivity contribution is 6.31. The predicted molar refractivity (Wildman–Crippen MR) is 115 cm³/mol. The third-order valence-corrected chi connectivity index (χ3v) is 4.59. The van der Waals surface area contributed by atoms with Gasteiger partial charge in [-0.3, -0.25) is 19.7 Å². The molecule has 3 aromatic carbocycles. The molecule has 2 amide bonds. The standard InChI is InChI=1S/C22H18ClN3O4/c1-14-5-7-16(8-6-14)21(27)25-18-4-2-3-15(11-18)13-24-22(28)19-10-9-17(23)12-20(19)26(29)30/h2-12H,13H2,1H3,(H,24,28)(H,25,27). The first-order chi connectivity index (χ1) is 14.3. The molecule has 0 aliphatic heterocycles. The molecule has 7 nitrogen and oxygen atoms in total. The Kier molecular flexibility index (Phi) is 6.44. The van der Waals surface area contributed by atoms with Gasteiger partial charge in [0.25, 0.3) is 17.5 Å². The molecule has 0 fully saturated rings. The van der Waals surface area contributed by atoms with Gasteiger partial charge in [0.05, 0.1) is 4.92 Å². The number of rotatable bonds is 6. The minimum atomic E-state index is -0.651. The molecule has 0 unspecified atom stereocenters. The van der Waals surface area contributed by atoms with Crippen molar-refractivity contribution in [3.63, 3.8) is 0 Å². The van der Waals surface area contributed by atoms with Crippen LogP contribution in [0.15, 0.2) is 66.7 Å². The summed E-state index contributed by atoms with van der Waals surface area (Å²) in [6, 6.07) is 18.1. The predicted octanol–water partition coefficient (Wildman–Crippen LogP) is 4.74. The fraction of sp³-hybridized carbons (Fsp3) is 0.0909. The number of nitro groups is 1. The summed E-state index contributed by atoms with van der Waals surface area (Å²) in [5, 5.41) is 16.8. The van der Waals surface area contributed by atoms with Gasteiger partial charge in [0.2, 0.25) is 0 Å². The number of nitro benzene ring substituents is 1. The van der Waals surface area contributed by atoms with E-state index in [9.17, 15) is 19.7 Å². The number of carbonyl (C=O) groups excluding carboxylic acids is 2. The van der Waals surface area contributed by atoms with E-state index in [-0.39, 0.29) is 28.7 Å². The highest BCUT2D eigenvalue weighted by Crippen LogP contribution is 2.23. The third kappa shape index (κ3) is 5.21. The zero-order valence-electron chi connectivity index (χ0n) is 16.0. The maximum Gasteiger partial charge on any atom is 0.283 e. The average molecular weight is 424 g/mol. The summed E-state index contributed by atoms with van der Waals surface area (Å²) in [6.07, 6.45) is 0. The number of aryl methyl sites for hydroxylation is 1. The van der Waals surface area contributed by atoms with Crippen molar-refractivity contribution in [3.05, 3.63) is 104 Å². The van der Waals surface area contributed by atoms with Gasteiger partial charge in [-0.1, -0.05) is 41.4 Å². The Morgan fingerprint density at radius 2 is 1.73 bits per heavy atom. The van der Waals surface area contributed by atoms with Crippen LogP contribution in [-0.4, -0.2) is 16.7 Å². The van der Waals surface area contributed by atoms with Crippen LogP contribution >= 0.6 is 11.6 Å². The molecule has 0 aromatic heterocycles. The molecule has 0 heterocycles. The van der Waals surface area contributed by atoms with E-state index < -0.39 is 10.8 Å². The van der Waals surface area contributed by atoms with Crippen molar-refractivity contribution >= 4 is 34.8 Å². The highest BCUT2D eigenvalue weighted by atomic mass is 35.5. The molecule has 3 rings (SSSR count). The Labute approximate surface area is 177 Å². The van der Waals surface area contributed by atoms with Gasteiger partial charge in [-0.15, -0.1) is 0 Å². The van der Waals surface area contributed by atoms with Crippen LogP contribution in [0, 0.1) is 17.0 Å². The number of benzene rings is 3. The first-order valence-electron chi connectivity index (χ1n) is 9.02. The highest BCUT2D eigenvalue weighted by Gasteiger charge is 2.20. The number of hydrogen-bond donors (Lipinski definition) is 2. The second-order valence-corrected chi connectivity index (χ2v) is 7.06. The summed E-state index contributed by atoms with van der Waals surface area (Å²) in [4.78, 5) is 35.3. The van der Waals surface area contributed by atoms with Gasteiger partial charge < -0.3 is 10.6 Å². The fourth-order valence-corrected chi connectivity index (χ4v) is 2.96. The van der Waals surface area contributed by atoms with E-state index in [1.807, 2.05) is 19.1 Å². The summed E-state index contributed by atoms with van der Waals surface area (Å²) in [5.41, 5.74) is 2.46. The smallest absolute Gasteiger partial charge is 0.283 e. The Morgan fingerprint density at radius 3 is 2.43 bits per heavy atom. The Balaban J connectivity index is 1.67. The Hall–Kier alpha value is -3.71. The van der Waals surface area contributed by atoms with Crippen LogP contribution in [0.25, 0.3) is 0 Å². The lowest BCUT2D eigenvalue weighted by atomic mass is 10.1. The molecule has 0 bridgehead atoms. The van der Waals surface area contributed by atoms with Gasteiger partial charge in [-0.25, -0.2) is 0 Å². The monoisotopic (exact) mass is 423 g/mol. The molecular formula is C22H18ClN3O4. The minimum Gasteiger partial charge on any atom is -0.348 e. The number of nitrogens with zero attached hydrogens (tertiary/aromatic N) is 1. The maximum absolute atomic E-state index is 12.4. The van der Waals surface area contributed by atoms with Crippen molar-refractivity contribution in [2.24, 2.45) is 0 Å². The largest absolute Gasteiger partial charge is 0.348 e. The average Bonchev–Trinajstić information content (AvgIpc) is 2.72. The molecule has 0 aliphatic rings. The van der Waals surface area contributed by atoms with Gasteiger partial charge >= 0.3 is 0 Å². The van der Waals surface area contributed by atoms with Crippen molar-refractivity contribution in [3.8, 4) is 0 Å². The SMILES string of the molecule is Cc1ccc(C(=O)Nc2cccc(CNC(=O)c3ccc(Cl)cc3[N+](=O)[O-])c2)cc1. The Morgan fingerprint density at radius 1 is 1.00 bits per heavy atom. The number of anilines is 1. The third-order valence-electron chi connectivity index (χ3n) is 4.35. The quantitative estimate of drug-likeness (QED) is 0.441. The second kappa shape index (κ2) is 9.19. The fourth-order valence-electron chi connectivity index (χ4n) is 2.79. The summed E-state index contributed by atoms with van der Waals surface area (Å²) in [7, 11) is 0. The summed E-state index contributed by atoms with van der Waals surface area (Å²) in [6.45, 7) is 2.07. The summed E-state index contributed by atoms with van der Waals surface area (Å²) in [5.74, 6) is -0.833. The van der Waals surface area contributed by atoms with Gasteiger partial charge in [0, 0.05) is 28.9 Å². The van der Waals surface area contributed by atoms with Crippen molar-refractivity contribution in [1.82, 2.24) is 5.32 Å². The topological polar surface area (TPSA) is 101 Å². The van der Waals surface area contributed by atoms with Gasteiger partial charge in [-0.2, -0.15) is 0 Å². The summed E-state index contributed by atoms with van der Waals surface area (Å²) >= 11 is 5.78. The van der Waals surface area contributed by atoms with Crippen molar-refractivity contribution < 1.29 is 14.5 Å². The van der Waals surface area contributed by atoms with Crippen LogP contribution < -0.4 is 10.6 Å². The molecular weight excluding hydrogens is 406 g/mol. The summed E-state index contributed by atoms with van der Waals surface area (Å²) < 4.78 is 0. The van der Waals surface area contributed by atoms with Crippen LogP contribution in [-0.2, 0) is 6.54 Å². The molecule has 3 aromatic rings. The normalized spacial score (nSPS) is 10.3. The zero-order chi connectivity index (χ0) is 21.7. The van der Waals surface area contributed by atoms with E-state index in [2.05, 4.69) is 10.6 Å². The van der Waals surface area contributed by atoms with E-state index in [4.69, 9.17) is 11.6 Å². The van der Waals surface area contributed by atoms with E-state index in [0.717, 1.165) is 17.2 Å². The molecule has 0 saturated heterocycles. The molecule has 0 spiro atoms. The molecule has 2 N–H and O–H groups in total. The molecule has 0 aliphatic carbocycles. The number of carbonyl (C=O) groups is 2. The van der Waals surface area contributed by atoms with E-state index in [0.29, 0.717) is 11.3 Å². The molecule has 8 heteroatoms. The van der Waals surface area contributed by atoms with Crippen molar-refractivity contribution in [2.45, 2.75) is 13.5 Å². The number of hydrogen-bond acceptors (Lipinski definition) is 4. The molecule has 30 heavy (non-hydrogen) atoms. The van der Waals surface area contributed by atoms with Crippen molar-refractivity contribution in [1.29, 1.82) is 0 Å². The molecule has 0 radical (unpaired) electrons. The zero-order valence-corrected chi connectivity index (χ0v) is 16.8. The minimum absolute atomic E-state index is 0.0757. The lowest BCUT2D eigenvalue weighted by Crippen LogP contribution is -2.23. The molecule has 152 valence electrons. The maximum atomic E-state index is 12.4. The number of halogens is 1. The van der Waals surface area contributed by atoms with Gasteiger partial charge in [0.1, 0.15) is 5.56 Å². The van der Waals surface area contributed by atoms with Crippen LogP contribution in [0.3, 0.4) is 0 Å². The van der Waals surface area contributed by atoms with Gasteiger partial charge in [0.15, 0.2) is 0 Å².